The van der Waals surface area contributed by atoms with E-state index >= 15 is 0 Å². The van der Waals surface area contributed by atoms with Crippen LogP contribution in [0, 0.1) is 13.8 Å². The van der Waals surface area contributed by atoms with Crippen molar-refractivity contribution in [1.82, 2.24) is 30.1 Å². The molecule has 2 aromatic heterocycles. The van der Waals surface area contributed by atoms with E-state index in [0.29, 0.717) is 6.61 Å². The Kier molecular flexibility index (Phi) is 9.37. The average molecular weight is 517 g/mol. The number of aromatic nitrogens is 3. The molecule has 0 bridgehead atoms. The van der Waals surface area contributed by atoms with Gasteiger partial charge in [0.15, 0.2) is 5.96 Å². The minimum absolute atomic E-state index is 0. The molecule has 3 heterocycles. The zero-order valence-electron chi connectivity index (χ0n) is 17.7. The normalized spacial score (nSPS) is 15.4. The van der Waals surface area contributed by atoms with Gasteiger partial charge in [-0.15, -0.1) is 24.0 Å². The molecule has 1 aliphatic heterocycles. The van der Waals surface area contributed by atoms with Crippen molar-refractivity contribution in [2.75, 3.05) is 46.9 Å². The van der Waals surface area contributed by atoms with E-state index in [0.717, 1.165) is 63.2 Å². The number of rotatable bonds is 7. The summed E-state index contributed by atoms with van der Waals surface area (Å²) in [5.41, 5.74) is 4.43. The molecule has 0 aromatic carbocycles. The number of methoxy groups -OCH3 is 1. The summed E-state index contributed by atoms with van der Waals surface area (Å²) in [7, 11) is 3.55. The fourth-order valence-corrected chi connectivity index (χ4v) is 3.55. The lowest BCUT2D eigenvalue weighted by molar-refractivity contribution is 0.169. The van der Waals surface area contributed by atoms with Crippen LogP contribution in [0.5, 0.6) is 0 Å². The van der Waals surface area contributed by atoms with Crippen LogP contribution < -0.4 is 5.32 Å². The monoisotopic (exact) mass is 517 g/mol. The van der Waals surface area contributed by atoms with Gasteiger partial charge in [-0.1, -0.05) is 5.16 Å². The Balaban J connectivity index is 0.00000300. The molecule has 3 rings (SSSR count). The summed E-state index contributed by atoms with van der Waals surface area (Å²) in [6.45, 7) is 11.0. The van der Waals surface area contributed by atoms with Crippen LogP contribution in [-0.4, -0.2) is 77.6 Å². The minimum Gasteiger partial charge on any atom is -0.383 e. The number of guanidine groups is 1. The minimum atomic E-state index is 0. The predicted octanol–water partition coefficient (Wildman–Crippen LogP) is 1.65. The number of nitrogens with zero attached hydrogens (tertiary/aromatic N) is 6. The van der Waals surface area contributed by atoms with E-state index in [2.05, 4.69) is 44.2 Å². The van der Waals surface area contributed by atoms with Gasteiger partial charge in [-0.05, 0) is 13.8 Å². The Morgan fingerprint density at radius 3 is 2.66 bits per heavy atom. The van der Waals surface area contributed by atoms with E-state index in [9.17, 15) is 0 Å². The Labute approximate surface area is 189 Å². The van der Waals surface area contributed by atoms with Crippen LogP contribution in [0.25, 0.3) is 0 Å². The molecular formula is C19H32IN7O2. The first-order chi connectivity index (χ1) is 13.6. The van der Waals surface area contributed by atoms with Crippen LogP contribution >= 0.6 is 24.0 Å². The van der Waals surface area contributed by atoms with Gasteiger partial charge in [0.25, 0.3) is 0 Å². The summed E-state index contributed by atoms with van der Waals surface area (Å²) in [5.74, 6) is 0.935. The quantitative estimate of drug-likeness (QED) is 0.340. The smallest absolute Gasteiger partial charge is 0.194 e. The van der Waals surface area contributed by atoms with Crippen LogP contribution in [-0.2, 0) is 24.4 Å². The molecule has 0 saturated carbocycles. The fourth-order valence-electron chi connectivity index (χ4n) is 3.55. The summed E-state index contributed by atoms with van der Waals surface area (Å²) in [6.07, 6.45) is 1.62. The molecule has 0 spiro atoms. The summed E-state index contributed by atoms with van der Waals surface area (Å²) < 4.78 is 12.1. The van der Waals surface area contributed by atoms with Crippen molar-refractivity contribution in [3.05, 3.63) is 35.0 Å². The van der Waals surface area contributed by atoms with Gasteiger partial charge in [-0.3, -0.25) is 14.6 Å². The van der Waals surface area contributed by atoms with Crippen molar-refractivity contribution >= 4 is 29.9 Å². The Bertz CT molecular complexity index is 768. The topological polar surface area (TPSA) is 84.0 Å². The zero-order valence-corrected chi connectivity index (χ0v) is 20.0. The van der Waals surface area contributed by atoms with E-state index in [1.165, 1.54) is 11.3 Å². The molecule has 0 unspecified atom stereocenters. The van der Waals surface area contributed by atoms with Crippen LogP contribution in [0.2, 0.25) is 0 Å². The van der Waals surface area contributed by atoms with E-state index in [-0.39, 0.29) is 24.0 Å². The molecule has 0 aliphatic carbocycles. The number of aliphatic imine (C=N–C) groups is 1. The molecule has 0 amide bonds. The molecule has 10 heteroatoms. The van der Waals surface area contributed by atoms with Gasteiger partial charge < -0.3 is 19.5 Å². The molecule has 1 saturated heterocycles. The molecule has 1 aliphatic rings. The van der Waals surface area contributed by atoms with Crippen LogP contribution in [0.4, 0.5) is 0 Å². The second kappa shape index (κ2) is 11.5. The molecule has 162 valence electrons. The van der Waals surface area contributed by atoms with Gasteiger partial charge >= 0.3 is 0 Å². The first kappa shape index (κ1) is 23.6. The zero-order chi connectivity index (χ0) is 19.9. The third-order valence-electron chi connectivity index (χ3n) is 5.22. The summed E-state index contributed by atoms with van der Waals surface area (Å²) in [4.78, 5) is 9.17. The number of piperazine rings is 1. The lowest BCUT2D eigenvalue weighted by Crippen LogP contribution is -2.52. The lowest BCUT2D eigenvalue weighted by Gasteiger charge is -2.36. The number of hydrogen-bond donors (Lipinski definition) is 1. The standard InChI is InChI=1S/C19H31N7O2.HI/c1-15-18(16(2)26(22-15)10-12-27-4)13-21-19(20-3)25-8-6-24(7-9-25)14-17-5-11-28-23-17;/h5,11H,6-10,12-14H2,1-4H3,(H,20,21);1H. The van der Waals surface area contributed by atoms with Crippen molar-refractivity contribution in [2.24, 2.45) is 4.99 Å². The maximum Gasteiger partial charge on any atom is 0.194 e. The third kappa shape index (κ3) is 6.16. The number of halogens is 1. The second-order valence-electron chi connectivity index (χ2n) is 7.02. The van der Waals surface area contributed by atoms with Gasteiger partial charge in [0.1, 0.15) is 6.26 Å². The number of nitrogens with one attached hydrogen (secondary N) is 1. The van der Waals surface area contributed by atoms with Crippen molar-refractivity contribution in [3.8, 4) is 0 Å². The molecule has 2 aromatic rings. The third-order valence-corrected chi connectivity index (χ3v) is 5.22. The summed E-state index contributed by atoms with van der Waals surface area (Å²) >= 11 is 0. The maximum absolute atomic E-state index is 5.17. The van der Waals surface area contributed by atoms with Crippen LogP contribution in [0.3, 0.4) is 0 Å². The number of aryl methyl sites for hydroxylation is 1. The Hall–Kier alpha value is -1.66. The van der Waals surface area contributed by atoms with E-state index in [1.54, 1.807) is 13.4 Å². The highest BCUT2D eigenvalue weighted by Crippen LogP contribution is 2.13. The fraction of sp³-hybridized carbons (Fsp3) is 0.632. The molecule has 1 N–H and O–H groups in total. The molecular weight excluding hydrogens is 485 g/mol. The summed E-state index contributed by atoms with van der Waals surface area (Å²) in [6, 6.07) is 1.92. The summed E-state index contributed by atoms with van der Waals surface area (Å²) in [5, 5.41) is 12.1. The molecule has 29 heavy (non-hydrogen) atoms. The lowest BCUT2D eigenvalue weighted by atomic mass is 10.2. The molecule has 1 fully saturated rings. The van der Waals surface area contributed by atoms with Gasteiger partial charge in [0, 0.05) is 70.7 Å². The highest BCUT2D eigenvalue weighted by Gasteiger charge is 2.21. The van der Waals surface area contributed by atoms with Crippen LogP contribution in [0.15, 0.2) is 21.8 Å². The van der Waals surface area contributed by atoms with Crippen molar-refractivity contribution < 1.29 is 9.26 Å². The number of ether oxygens (including phenoxy) is 1. The highest BCUT2D eigenvalue weighted by atomic mass is 127. The van der Waals surface area contributed by atoms with Crippen molar-refractivity contribution in [3.63, 3.8) is 0 Å². The van der Waals surface area contributed by atoms with E-state index < -0.39 is 0 Å². The first-order valence-electron chi connectivity index (χ1n) is 9.71. The SMILES string of the molecule is CN=C(NCc1c(C)nn(CCOC)c1C)N1CCN(Cc2ccon2)CC1.I. The van der Waals surface area contributed by atoms with Crippen molar-refractivity contribution in [1.29, 1.82) is 0 Å². The Morgan fingerprint density at radius 1 is 1.28 bits per heavy atom. The maximum atomic E-state index is 5.17. The average Bonchev–Trinajstić information content (AvgIpc) is 3.30. The van der Waals surface area contributed by atoms with E-state index in [1.807, 2.05) is 17.8 Å². The second-order valence-corrected chi connectivity index (χ2v) is 7.02. The van der Waals surface area contributed by atoms with E-state index in [4.69, 9.17) is 9.26 Å². The first-order valence-corrected chi connectivity index (χ1v) is 9.71. The van der Waals surface area contributed by atoms with Gasteiger partial charge in [0.05, 0.1) is 24.5 Å². The largest absolute Gasteiger partial charge is 0.383 e. The highest BCUT2D eigenvalue weighted by molar-refractivity contribution is 14.0. The van der Waals surface area contributed by atoms with Gasteiger partial charge in [-0.2, -0.15) is 5.10 Å². The molecule has 0 atom stereocenters. The van der Waals surface area contributed by atoms with Crippen molar-refractivity contribution in [2.45, 2.75) is 33.5 Å². The predicted molar refractivity (Wildman–Crippen MR) is 123 cm³/mol. The number of hydrogen-bond acceptors (Lipinski definition) is 6. The van der Waals surface area contributed by atoms with Gasteiger partial charge in [0.2, 0.25) is 0 Å². The molecule has 9 nitrogen and oxygen atoms in total. The van der Waals surface area contributed by atoms with Gasteiger partial charge in [-0.25, -0.2) is 0 Å². The Morgan fingerprint density at radius 2 is 2.03 bits per heavy atom. The molecule has 0 radical (unpaired) electrons. The van der Waals surface area contributed by atoms with Crippen LogP contribution in [0.1, 0.15) is 22.6 Å².